The van der Waals surface area contributed by atoms with Crippen molar-refractivity contribution in [2.45, 2.75) is 32.9 Å². The molecule has 0 N–H and O–H groups in total. The Balaban J connectivity index is 2.04. The van der Waals surface area contributed by atoms with Crippen molar-refractivity contribution in [3.63, 3.8) is 0 Å². The first-order valence-electron chi connectivity index (χ1n) is 6.38. The highest BCUT2D eigenvalue weighted by Gasteiger charge is 2.10. The summed E-state index contributed by atoms with van der Waals surface area (Å²) >= 11 is 1.32. The third kappa shape index (κ3) is 3.42. The van der Waals surface area contributed by atoms with Crippen LogP contribution >= 0.6 is 11.8 Å². The van der Waals surface area contributed by atoms with E-state index in [4.69, 9.17) is 0 Å². The number of hydrogen-bond acceptors (Lipinski definition) is 5. The maximum absolute atomic E-state index is 12.1. The second-order valence-electron chi connectivity index (χ2n) is 4.78. The van der Waals surface area contributed by atoms with Crippen LogP contribution in [0.5, 0.6) is 0 Å². The summed E-state index contributed by atoms with van der Waals surface area (Å²) in [6, 6.07) is 5.77. The third-order valence-corrected chi connectivity index (χ3v) is 4.07. The van der Waals surface area contributed by atoms with Crippen LogP contribution in [-0.4, -0.2) is 26.7 Å². The van der Waals surface area contributed by atoms with E-state index < -0.39 is 0 Å². The summed E-state index contributed by atoms with van der Waals surface area (Å²) in [4.78, 5) is 16.4. The van der Waals surface area contributed by atoms with Gasteiger partial charge in [-0.25, -0.2) is 4.98 Å². The minimum Gasteiger partial charge on any atom is -0.293 e. The minimum absolute atomic E-state index is 0.0833. The molecule has 0 aliphatic carbocycles. The van der Waals surface area contributed by atoms with Crippen molar-refractivity contribution in [2.75, 3.05) is 5.75 Å². The summed E-state index contributed by atoms with van der Waals surface area (Å²) in [5, 5.41) is 8.54. The van der Waals surface area contributed by atoms with Gasteiger partial charge in [0.1, 0.15) is 0 Å². The maximum Gasteiger partial charge on any atom is 0.209 e. The van der Waals surface area contributed by atoms with Crippen LogP contribution in [0.25, 0.3) is 0 Å². The minimum atomic E-state index is 0.0833. The number of aryl methyl sites for hydroxylation is 4. The first-order chi connectivity index (χ1) is 9.47. The molecule has 0 saturated heterocycles. The Labute approximate surface area is 123 Å². The molecule has 1 aromatic heterocycles. The Morgan fingerprint density at radius 2 is 1.80 bits per heavy atom. The lowest BCUT2D eigenvalue weighted by atomic mass is 10.0. The van der Waals surface area contributed by atoms with Crippen LogP contribution in [0.15, 0.2) is 23.4 Å². The van der Waals surface area contributed by atoms with Crippen molar-refractivity contribution in [1.82, 2.24) is 15.2 Å². The van der Waals surface area contributed by atoms with E-state index in [1.165, 1.54) is 17.3 Å². The van der Waals surface area contributed by atoms with Crippen molar-refractivity contribution in [3.05, 3.63) is 46.3 Å². The smallest absolute Gasteiger partial charge is 0.209 e. The van der Waals surface area contributed by atoms with Gasteiger partial charge in [0.15, 0.2) is 5.78 Å². The molecule has 20 heavy (non-hydrogen) atoms. The van der Waals surface area contributed by atoms with Gasteiger partial charge >= 0.3 is 0 Å². The number of Topliss-reactive ketones (excluding diaryl/α,β-unsaturated/α-hetero) is 1. The first kappa shape index (κ1) is 14.7. The van der Waals surface area contributed by atoms with Gasteiger partial charge in [-0.15, -0.1) is 5.10 Å². The number of thioether (sulfide) groups is 1. The molecule has 2 rings (SSSR count). The molecule has 0 atom stereocenters. The predicted molar refractivity (Wildman–Crippen MR) is 80.3 cm³/mol. The lowest BCUT2D eigenvalue weighted by Crippen LogP contribution is -2.05. The third-order valence-electron chi connectivity index (χ3n) is 3.23. The molecule has 0 amide bonds. The second-order valence-corrected chi connectivity index (χ2v) is 5.72. The van der Waals surface area contributed by atoms with Gasteiger partial charge in [-0.3, -0.25) is 4.79 Å². The summed E-state index contributed by atoms with van der Waals surface area (Å²) in [5.74, 6) is 0.409. The first-order valence-corrected chi connectivity index (χ1v) is 7.37. The van der Waals surface area contributed by atoms with Crippen molar-refractivity contribution in [1.29, 1.82) is 0 Å². The number of carbonyl (C=O) groups is 1. The second kappa shape index (κ2) is 6.13. The number of rotatable bonds is 4. The zero-order valence-corrected chi connectivity index (χ0v) is 12.9. The molecule has 0 spiro atoms. The van der Waals surface area contributed by atoms with Gasteiger partial charge in [-0.2, -0.15) is 5.10 Å². The Bertz CT molecular complexity index is 656. The van der Waals surface area contributed by atoms with E-state index in [-0.39, 0.29) is 5.78 Å². The average Bonchev–Trinajstić information content (AvgIpc) is 2.43. The number of nitrogens with zero attached hydrogens (tertiary/aromatic N) is 3. The summed E-state index contributed by atoms with van der Waals surface area (Å²) in [6.45, 7) is 7.80. The van der Waals surface area contributed by atoms with Crippen LogP contribution < -0.4 is 0 Å². The number of carbonyl (C=O) groups excluding carboxylic acids is 1. The fourth-order valence-corrected chi connectivity index (χ4v) is 2.35. The molecule has 5 heteroatoms. The van der Waals surface area contributed by atoms with Gasteiger partial charge in [0.05, 0.1) is 17.1 Å². The van der Waals surface area contributed by atoms with Crippen molar-refractivity contribution in [2.24, 2.45) is 0 Å². The van der Waals surface area contributed by atoms with Gasteiger partial charge < -0.3 is 0 Å². The van der Waals surface area contributed by atoms with Gasteiger partial charge in [0, 0.05) is 5.56 Å². The quantitative estimate of drug-likeness (QED) is 0.639. The topological polar surface area (TPSA) is 55.7 Å². The van der Waals surface area contributed by atoms with Crippen LogP contribution in [0.4, 0.5) is 0 Å². The molecule has 0 aliphatic heterocycles. The maximum atomic E-state index is 12.1. The zero-order chi connectivity index (χ0) is 14.7. The van der Waals surface area contributed by atoms with Crippen LogP contribution in [0.2, 0.25) is 0 Å². The van der Waals surface area contributed by atoms with Crippen LogP contribution in [0, 0.1) is 27.7 Å². The Hall–Kier alpha value is -1.75. The zero-order valence-electron chi connectivity index (χ0n) is 12.1. The van der Waals surface area contributed by atoms with Gasteiger partial charge in [0.2, 0.25) is 5.16 Å². The lowest BCUT2D eigenvalue weighted by Gasteiger charge is -2.04. The number of hydrogen-bond donors (Lipinski definition) is 0. The van der Waals surface area contributed by atoms with Crippen molar-refractivity contribution in [3.8, 4) is 0 Å². The molecule has 1 aromatic carbocycles. The highest BCUT2D eigenvalue weighted by atomic mass is 32.2. The Morgan fingerprint density at radius 3 is 2.45 bits per heavy atom. The predicted octanol–water partition coefficient (Wildman–Crippen LogP) is 3.08. The molecule has 0 radical (unpaired) electrons. The number of ketones is 1. The monoisotopic (exact) mass is 287 g/mol. The van der Waals surface area contributed by atoms with Crippen molar-refractivity contribution < 1.29 is 4.79 Å². The summed E-state index contributed by atoms with van der Waals surface area (Å²) < 4.78 is 0. The molecular weight excluding hydrogens is 270 g/mol. The molecule has 0 saturated carbocycles. The summed E-state index contributed by atoms with van der Waals surface area (Å²) in [6.07, 6.45) is 0. The molecule has 0 aliphatic rings. The van der Waals surface area contributed by atoms with Gasteiger partial charge in [-0.05, 0) is 44.9 Å². The molecule has 0 bridgehead atoms. The fourth-order valence-electron chi connectivity index (χ4n) is 1.63. The lowest BCUT2D eigenvalue weighted by molar-refractivity contribution is 0.102. The molecule has 104 valence electrons. The van der Waals surface area contributed by atoms with Crippen LogP contribution in [0.3, 0.4) is 0 Å². The van der Waals surface area contributed by atoms with E-state index in [0.717, 1.165) is 22.5 Å². The number of aromatic nitrogens is 3. The molecule has 0 fully saturated rings. The number of benzene rings is 1. The SMILES string of the molecule is Cc1ccc(C(=O)CSc2nnc(C)c(C)n2)cc1C. The molecule has 2 aromatic rings. The highest BCUT2D eigenvalue weighted by Crippen LogP contribution is 2.17. The van der Waals surface area contributed by atoms with Gasteiger partial charge in [0.25, 0.3) is 0 Å². The standard InChI is InChI=1S/C15H17N3OS/c1-9-5-6-13(7-10(9)2)14(19)8-20-15-16-11(3)12(4)17-18-15/h5-7H,8H2,1-4H3. The molecule has 0 unspecified atom stereocenters. The summed E-state index contributed by atoms with van der Waals surface area (Å²) in [5.41, 5.74) is 4.72. The van der Waals surface area contributed by atoms with E-state index in [0.29, 0.717) is 10.9 Å². The Kier molecular flexibility index (Phi) is 4.49. The van der Waals surface area contributed by atoms with E-state index in [1.54, 1.807) is 0 Å². The van der Waals surface area contributed by atoms with Crippen LogP contribution in [-0.2, 0) is 0 Å². The van der Waals surface area contributed by atoms with E-state index in [2.05, 4.69) is 15.2 Å². The fraction of sp³-hybridized carbons (Fsp3) is 0.333. The average molecular weight is 287 g/mol. The highest BCUT2D eigenvalue weighted by molar-refractivity contribution is 7.99. The van der Waals surface area contributed by atoms with E-state index >= 15 is 0 Å². The van der Waals surface area contributed by atoms with E-state index in [9.17, 15) is 4.79 Å². The largest absolute Gasteiger partial charge is 0.293 e. The normalized spacial score (nSPS) is 10.6. The van der Waals surface area contributed by atoms with Gasteiger partial charge in [-0.1, -0.05) is 23.9 Å². The molecule has 1 heterocycles. The summed E-state index contributed by atoms with van der Waals surface area (Å²) in [7, 11) is 0. The van der Waals surface area contributed by atoms with Crippen molar-refractivity contribution >= 4 is 17.5 Å². The Morgan fingerprint density at radius 1 is 1.05 bits per heavy atom. The van der Waals surface area contributed by atoms with Crippen LogP contribution in [0.1, 0.15) is 32.9 Å². The van der Waals surface area contributed by atoms with E-state index in [1.807, 2.05) is 45.9 Å². The molecule has 4 nitrogen and oxygen atoms in total. The molecular formula is C15H17N3OS.